The van der Waals surface area contributed by atoms with E-state index in [0.29, 0.717) is 42.3 Å². The van der Waals surface area contributed by atoms with Crippen LogP contribution in [0.4, 0.5) is 6.01 Å². The highest BCUT2D eigenvalue weighted by molar-refractivity contribution is 14.1. The molecule has 1 atom stereocenters. The summed E-state index contributed by atoms with van der Waals surface area (Å²) >= 11 is 2.08. The number of alkyl halides is 1. The average Bonchev–Trinajstić information content (AvgIpc) is 3.24. The molecule has 1 aromatic carbocycles. The lowest BCUT2D eigenvalue weighted by molar-refractivity contribution is -0.128. The second-order valence-electron chi connectivity index (χ2n) is 6.77. The molecule has 3 rings (SSSR count). The largest absolute Gasteiger partial charge is 0.431 e. The van der Waals surface area contributed by atoms with Gasteiger partial charge < -0.3 is 19.1 Å². The summed E-state index contributed by atoms with van der Waals surface area (Å²) in [5.41, 5.74) is 1.40. The minimum Gasteiger partial charge on any atom is -0.431 e. The Morgan fingerprint density at radius 1 is 1.21 bits per heavy atom. The van der Waals surface area contributed by atoms with Gasteiger partial charge >= 0.3 is 0 Å². The molecule has 1 aliphatic heterocycles. The number of carbonyl (C=O) groups excluding carboxylic acids is 2. The van der Waals surface area contributed by atoms with Gasteiger partial charge in [-0.15, -0.1) is 0 Å². The molecule has 2 aromatic rings. The van der Waals surface area contributed by atoms with Gasteiger partial charge in [-0.2, -0.15) is 4.98 Å². The van der Waals surface area contributed by atoms with Crippen molar-refractivity contribution >= 4 is 40.4 Å². The fraction of sp³-hybridized carbons (Fsp3) is 0.450. The van der Waals surface area contributed by atoms with Crippen molar-refractivity contribution in [1.29, 1.82) is 0 Å². The van der Waals surface area contributed by atoms with Gasteiger partial charge in [0.15, 0.2) is 5.69 Å². The maximum Gasteiger partial charge on any atom is 0.298 e. The Balaban J connectivity index is 1.66. The van der Waals surface area contributed by atoms with Crippen LogP contribution in [0.25, 0.3) is 0 Å². The maximum absolute atomic E-state index is 12.9. The Kier molecular flexibility index (Phi) is 6.93. The summed E-state index contributed by atoms with van der Waals surface area (Å²) in [6.45, 7) is 4.63. The molecule has 7 nitrogen and oxygen atoms in total. The first-order valence-corrected chi connectivity index (χ1v) is 10.9. The normalized spacial score (nSPS) is 15.4. The van der Waals surface area contributed by atoms with Crippen LogP contribution >= 0.6 is 22.6 Å². The molecule has 150 valence electrons. The van der Waals surface area contributed by atoms with Crippen LogP contribution in [0.2, 0.25) is 0 Å². The molecule has 0 saturated carbocycles. The number of amides is 2. The number of benzene rings is 1. The van der Waals surface area contributed by atoms with Crippen LogP contribution in [0.15, 0.2) is 41.0 Å². The number of anilines is 1. The number of carbonyl (C=O) groups is 2. The van der Waals surface area contributed by atoms with Crippen molar-refractivity contribution in [2.45, 2.75) is 19.4 Å². The summed E-state index contributed by atoms with van der Waals surface area (Å²) in [5, 5.41) is 0. The lowest BCUT2D eigenvalue weighted by Gasteiger charge is -2.33. The average molecular weight is 496 g/mol. The van der Waals surface area contributed by atoms with E-state index in [9.17, 15) is 9.59 Å². The van der Waals surface area contributed by atoms with Crippen LogP contribution in [0.1, 0.15) is 35.4 Å². The highest BCUT2D eigenvalue weighted by atomic mass is 127. The van der Waals surface area contributed by atoms with Gasteiger partial charge in [0, 0.05) is 33.2 Å². The quantitative estimate of drug-likeness (QED) is 0.455. The first-order valence-electron chi connectivity index (χ1n) is 9.41. The second-order valence-corrected chi connectivity index (χ2v) is 7.53. The van der Waals surface area contributed by atoms with E-state index in [1.165, 1.54) is 6.26 Å². The fourth-order valence-electron chi connectivity index (χ4n) is 3.47. The van der Waals surface area contributed by atoms with E-state index in [1.54, 1.807) is 11.9 Å². The van der Waals surface area contributed by atoms with Crippen molar-refractivity contribution in [2.75, 3.05) is 42.6 Å². The summed E-state index contributed by atoms with van der Waals surface area (Å²) in [5.74, 6) is -0.0129. The standard InChI is InChI=1S/C20H25IN4O3/c1-3-17(15-7-5-4-6-8-15)23(2)19(27)16-14-28-20(22-16)25-11-9-24(10-12-25)18(26)13-21/h4-8,14,17H,3,9-13H2,1-2H3. The van der Waals surface area contributed by atoms with Gasteiger partial charge in [-0.25, -0.2) is 0 Å². The predicted molar refractivity (Wildman–Crippen MR) is 116 cm³/mol. The number of halogens is 1. The number of hydrogen-bond donors (Lipinski definition) is 0. The van der Waals surface area contributed by atoms with Crippen molar-refractivity contribution in [3.63, 3.8) is 0 Å². The number of nitrogens with zero attached hydrogens (tertiary/aromatic N) is 4. The van der Waals surface area contributed by atoms with Gasteiger partial charge in [0.1, 0.15) is 6.26 Å². The summed E-state index contributed by atoms with van der Waals surface area (Å²) in [4.78, 5) is 34.7. The highest BCUT2D eigenvalue weighted by Gasteiger charge is 2.27. The molecule has 28 heavy (non-hydrogen) atoms. The van der Waals surface area contributed by atoms with Gasteiger partial charge in [0.05, 0.1) is 10.5 Å². The van der Waals surface area contributed by atoms with Crippen LogP contribution in [0.5, 0.6) is 0 Å². The molecular formula is C20H25IN4O3. The number of oxazole rings is 1. The molecule has 1 aromatic heterocycles. The topological polar surface area (TPSA) is 69.9 Å². The first-order chi connectivity index (χ1) is 13.5. The molecule has 1 saturated heterocycles. The fourth-order valence-corrected chi connectivity index (χ4v) is 3.95. The lowest BCUT2D eigenvalue weighted by atomic mass is 10.0. The van der Waals surface area contributed by atoms with E-state index in [4.69, 9.17) is 4.42 Å². The molecule has 2 heterocycles. The van der Waals surface area contributed by atoms with Crippen LogP contribution in [-0.4, -0.2) is 64.3 Å². The van der Waals surface area contributed by atoms with Gasteiger partial charge in [-0.3, -0.25) is 9.59 Å². The lowest BCUT2D eigenvalue weighted by Crippen LogP contribution is -2.49. The Hall–Kier alpha value is -2.10. The zero-order valence-corrected chi connectivity index (χ0v) is 18.3. The minimum absolute atomic E-state index is 0.0170. The molecular weight excluding hydrogens is 471 g/mol. The summed E-state index contributed by atoms with van der Waals surface area (Å²) < 4.78 is 6.07. The monoisotopic (exact) mass is 496 g/mol. The molecule has 1 fully saturated rings. The zero-order chi connectivity index (χ0) is 20.1. The Labute approximate surface area is 178 Å². The van der Waals surface area contributed by atoms with Gasteiger partial charge in [0.25, 0.3) is 11.9 Å². The van der Waals surface area contributed by atoms with Crippen LogP contribution in [0.3, 0.4) is 0 Å². The summed E-state index contributed by atoms with van der Waals surface area (Å²) in [6.07, 6.45) is 2.23. The van der Waals surface area contributed by atoms with Crippen molar-refractivity contribution in [3.05, 3.63) is 47.9 Å². The molecule has 0 bridgehead atoms. The van der Waals surface area contributed by atoms with Crippen LogP contribution in [-0.2, 0) is 4.79 Å². The SMILES string of the molecule is CCC(c1ccccc1)N(C)C(=O)c1coc(N2CCN(C(=O)CI)CC2)n1. The van der Waals surface area contributed by atoms with Gasteiger partial charge in [-0.05, 0) is 12.0 Å². The third-order valence-corrected chi connectivity index (χ3v) is 5.74. The van der Waals surface area contributed by atoms with E-state index in [0.717, 1.165) is 12.0 Å². The molecule has 2 amide bonds. The number of hydrogen-bond acceptors (Lipinski definition) is 5. The molecule has 1 unspecified atom stereocenters. The van der Waals surface area contributed by atoms with Crippen molar-refractivity contribution < 1.29 is 14.0 Å². The predicted octanol–water partition coefficient (Wildman–Crippen LogP) is 2.98. The Morgan fingerprint density at radius 2 is 1.89 bits per heavy atom. The molecule has 0 N–H and O–H groups in total. The van der Waals surface area contributed by atoms with E-state index in [-0.39, 0.29) is 17.9 Å². The smallest absolute Gasteiger partial charge is 0.298 e. The van der Waals surface area contributed by atoms with Crippen molar-refractivity contribution in [3.8, 4) is 0 Å². The molecule has 0 spiro atoms. The number of rotatable bonds is 6. The van der Waals surface area contributed by atoms with Crippen molar-refractivity contribution in [2.24, 2.45) is 0 Å². The summed E-state index contributed by atoms with van der Waals surface area (Å²) in [7, 11) is 1.80. The molecule has 1 aliphatic rings. The highest BCUT2D eigenvalue weighted by Crippen LogP contribution is 2.25. The zero-order valence-electron chi connectivity index (χ0n) is 16.2. The third-order valence-electron chi connectivity index (χ3n) is 5.09. The Morgan fingerprint density at radius 3 is 2.50 bits per heavy atom. The van der Waals surface area contributed by atoms with Gasteiger partial charge in [-0.1, -0.05) is 59.8 Å². The van der Waals surface area contributed by atoms with Crippen molar-refractivity contribution in [1.82, 2.24) is 14.8 Å². The van der Waals surface area contributed by atoms with Crippen LogP contribution < -0.4 is 4.90 Å². The summed E-state index contributed by atoms with van der Waals surface area (Å²) in [6, 6.07) is 10.4. The Bertz CT molecular complexity index is 803. The number of aromatic nitrogens is 1. The van der Waals surface area contributed by atoms with E-state index in [2.05, 4.69) is 34.5 Å². The minimum atomic E-state index is -0.163. The number of piperazine rings is 1. The second kappa shape index (κ2) is 9.40. The molecule has 0 radical (unpaired) electrons. The molecule has 8 heteroatoms. The van der Waals surface area contributed by atoms with E-state index in [1.807, 2.05) is 40.1 Å². The molecule has 0 aliphatic carbocycles. The third kappa shape index (κ3) is 4.48. The van der Waals surface area contributed by atoms with Gasteiger partial charge in [0.2, 0.25) is 5.91 Å². The van der Waals surface area contributed by atoms with E-state index < -0.39 is 0 Å². The van der Waals surface area contributed by atoms with E-state index >= 15 is 0 Å². The maximum atomic E-state index is 12.9. The van der Waals surface area contributed by atoms with Crippen LogP contribution in [0, 0.1) is 0 Å². The first kappa shape index (κ1) is 20.6.